The zero-order valence-corrected chi connectivity index (χ0v) is 30.3. The van der Waals surface area contributed by atoms with Crippen LogP contribution in [0, 0.1) is 0 Å². The maximum Gasteiger partial charge on any atom is 0.503 e. The highest BCUT2D eigenvalue weighted by Crippen LogP contribution is 2.41. The third-order valence-corrected chi connectivity index (χ3v) is 9.35. The molecular weight excluding hydrogens is 653 g/mol. The molecule has 1 aliphatic rings. The Morgan fingerprint density at radius 3 is 2.09 bits per heavy atom. The van der Waals surface area contributed by atoms with Gasteiger partial charge in [0.2, 0.25) is 11.4 Å². The lowest BCUT2D eigenvalue weighted by molar-refractivity contribution is 0.479. The Hall–Kier alpha value is -5.91. The van der Waals surface area contributed by atoms with E-state index >= 15 is 0 Å². The average molecular weight is 712 g/mol. The van der Waals surface area contributed by atoms with Crippen molar-refractivity contribution in [3.8, 4) is 17.3 Å². The maximum atomic E-state index is 9.10. The number of hydrogen-bond donors (Lipinski definition) is 0. The first kappa shape index (κ1) is 22.2. The van der Waals surface area contributed by atoms with Crippen LogP contribution in [0.5, 0.6) is 11.5 Å². The van der Waals surface area contributed by atoms with Gasteiger partial charge in [0.1, 0.15) is 29.3 Å². The van der Waals surface area contributed by atoms with Crippen LogP contribution in [-0.2, 0) is 16.2 Å². The monoisotopic (exact) mass is 711 g/mol. The van der Waals surface area contributed by atoms with Crippen LogP contribution in [0.2, 0.25) is 0 Å². The van der Waals surface area contributed by atoms with E-state index in [1.165, 1.54) is 27.6 Å². The summed E-state index contributed by atoms with van der Waals surface area (Å²) in [6, 6.07) is 21.4. The Kier molecular flexibility index (Phi) is 5.18. The maximum absolute atomic E-state index is 9.10. The van der Waals surface area contributed by atoms with Gasteiger partial charge in [-0.2, -0.15) is 0 Å². The van der Waals surface area contributed by atoms with Crippen molar-refractivity contribution in [1.82, 2.24) is 28.7 Å². The smallest absolute Gasteiger partial charge is 0.457 e. The van der Waals surface area contributed by atoms with Gasteiger partial charge in [-0.1, -0.05) is 86.3 Å². The number of rotatable bonds is 5. The first-order chi connectivity index (χ1) is 30.6. The molecule has 0 spiro atoms. The number of ether oxygens (including phenoxy) is 1. The van der Waals surface area contributed by atoms with Gasteiger partial charge in [0, 0.05) is 71.9 Å². The van der Waals surface area contributed by atoms with E-state index in [2.05, 4.69) is 36.7 Å². The van der Waals surface area contributed by atoms with Crippen LogP contribution >= 0.6 is 0 Å². The van der Waals surface area contributed by atoms with Crippen molar-refractivity contribution in [2.45, 2.75) is 78.3 Å². The fourth-order valence-electron chi connectivity index (χ4n) is 6.43. The Bertz CT molecular complexity index is 3150. The SMILES string of the molecule is [2H]c1c([2H])c([2H])c2c(c1[2H])[N+](c1ccc(C(C([2H])([2H])[2H])(C([2H])([2H])[2H])C([2H])([2H])[2H])cc1)=C=[N+]2c1cc(Oc2ccc3c4cncnc4n(-c4cc(C(C)(C)C)ccn4)c3c2)cc(C(C)(C)C)c1. The van der Waals surface area contributed by atoms with E-state index < -0.39 is 55.1 Å². The van der Waals surface area contributed by atoms with E-state index in [-0.39, 0.29) is 28.5 Å². The predicted molar refractivity (Wildman–Crippen MR) is 218 cm³/mol. The molecule has 0 saturated carbocycles. The molecule has 0 saturated heterocycles. The second kappa shape index (κ2) is 12.4. The Morgan fingerprint density at radius 1 is 0.679 bits per heavy atom. The van der Waals surface area contributed by atoms with Crippen molar-refractivity contribution in [3.63, 3.8) is 0 Å². The highest BCUT2D eigenvalue weighted by atomic mass is 16.5. The summed E-state index contributed by atoms with van der Waals surface area (Å²) in [4.78, 5) is 13.7. The molecule has 0 bridgehead atoms. The van der Waals surface area contributed by atoms with Crippen LogP contribution in [0.25, 0.3) is 27.8 Å². The zero-order chi connectivity index (χ0) is 48.3. The topological polar surface area (TPSA) is 58.9 Å². The van der Waals surface area contributed by atoms with Crippen LogP contribution in [0.15, 0.2) is 116 Å². The van der Waals surface area contributed by atoms with Gasteiger partial charge < -0.3 is 4.74 Å². The summed E-state index contributed by atoms with van der Waals surface area (Å²) in [6.45, 7) is 2.01. The second-order valence-corrected chi connectivity index (χ2v) is 15.3. The normalized spacial score (nSPS) is 17.6. The molecule has 7 aromatic rings. The molecule has 4 aromatic carbocycles. The molecule has 0 radical (unpaired) electrons. The zero-order valence-electron chi connectivity index (χ0n) is 43.3. The minimum Gasteiger partial charge on any atom is -0.457 e. The molecule has 264 valence electrons. The molecule has 7 nitrogen and oxygen atoms in total. The van der Waals surface area contributed by atoms with Gasteiger partial charge in [0.15, 0.2) is 0 Å². The molecular formula is C46H46N6O+2. The van der Waals surface area contributed by atoms with Crippen LogP contribution in [-0.4, -0.2) is 25.5 Å². The molecule has 7 heteroatoms. The summed E-state index contributed by atoms with van der Waals surface area (Å²) >= 11 is 0. The average Bonchev–Trinajstić information content (AvgIpc) is 3.77. The van der Waals surface area contributed by atoms with Gasteiger partial charge in [0.05, 0.1) is 17.1 Å². The number of benzene rings is 4. The fraction of sp³-hybridized carbons (Fsp3) is 0.261. The van der Waals surface area contributed by atoms with E-state index in [1.54, 1.807) is 18.5 Å². The van der Waals surface area contributed by atoms with E-state index in [9.17, 15) is 0 Å². The number of para-hydroxylation sites is 2. The third kappa shape index (κ3) is 6.32. The van der Waals surface area contributed by atoms with Gasteiger partial charge in [0.25, 0.3) is 11.4 Å². The molecule has 8 rings (SSSR count). The largest absolute Gasteiger partial charge is 0.503 e. The molecule has 0 unspecified atom stereocenters. The molecule has 53 heavy (non-hydrogen) atoms. The van der Waals surface area contributed by atoms with Gasteiger partial charge in [-0.15, -0.1) is 0 Å². The summed E-state index contributed by atoms with van der Waals surface area (Å²) in [5.41, 5.74) is -0.339. The first-order valence-corrected chi connectivity index (χ1v) is 17.2. The van der Waals surface area contributed by atoms with E-state index in [4.69, 9.17) is 27.5 Å². The van der Waals surface area contributed by atoms with E-state index in [0.29, 0.717) is 28.7 Å². The fourth-order valence-corrected chi connectivity index (χ4v) is 6.43. The minimum absolute atomic E-state index is 0.00312. The minimum atomic E-state index is -3.48. The van der Waals surface area contributed by atoms with Crippen molar-refractivity contribution in [2.75, 3.05) is 0 Å². The highest BCUT2D eigenvalue weighted by Gasteiger charge is 2.37. The summed E-state index contributed by atoms with van der Waals surface area (Å²) in [5.74, 6) is 1.54. The lowest BCUT2D eigenvalue weighted by atomic mass is 9.86. The van der Waals surface area contributed by atoms with E-state index in [0.717, 1.165) is 39.5 Å². The van der Waals surface area contributed by atoms with Crippen molar-refractivity contribution < 1.29 is 22.6 Å². The second-order valence-electron chi connectivity index (χ2n) is 15.3. The van der Waals surface area contributed by atoms with Gasteiger partial charge in [-0.25, -0.2) is 15.0 Å². The molecule has 0 atom stereocenters. The number of aromatic nitrogens is 4. The molecule has 0 fully saturated rings. The predicted octanol–water partition coefficient (Wildman–Crippen LogP) is 11.5. The number of pyridine rings is 1. The van der Waals surface area contributed by atoms with Gasteiger partial charge in [-0.3, -0.25) is 4.57 Å². The summed E-state index contributed by atoms with van der Waals surface area (Å²) in [7, 11) is 0. The Balaban J connectivity index is 1.31. The summed E-state index contributed by atoms with van der Waals surface area (Å²) < 4.78 is 120. The van der Waals surface area contributed by atoms with Crippen LogP contribution in [0.4, 0.5) is 22.7 Å². The van der Waals surface area contributed by atoms with E-state index in [1.807, 2.05) is 67.8 Å². The molecule has 1 aliphatic heterocycles. The number of fused-ring (bicyclic) bond motifs is 4. The third-order valence-electron chi connectivity index (χ3n) is 9.35. The summed E-state index contributed by atoms with van der Waals surface area (Å²) in [5, 5.41) is 1.71. The highest BCUT2D eigenvalue weighted by molar-refractivity contribution is 6.07. The molecule has 0 amide bonds. The molecule has 3 aromatic heterocycles. The van der Waals surface area contributed by atoms with Crippen LogP contribution < -0.4 is 13.9 Å². The molecule has 0 aliphatic carbocycles. The van der Waals surface area contributed by atoms with Crippen molar-refractivity contribution in [3.05, 3.63) is 132 Å². The quantitative estimate of drug-likeness (QED) is 0.167. The van der Waals surface area contributed by atoms with Gasteiger partial charge >= 0.3 is 6.01 Å². The van der Waals surface area contributed by atoms with Crippen molar-refractivity contribution in [1.29, 1.82) is 0 Å². The van der Waals surface area contributed by atoms with Crippen molar-refractivity contribution >= 4 is 50.7 Å². The molecule has 4 heterocycles. The number of hydrogen-bond acceptors (Lipinski definition) is 4. The van der Waals surface area contributed by atoms with Crippen LogP contribution in [0.1, 0.15) is 96.6 Å². The Morgan fingerprint density at radius 2 is 1.40 bits per heavy atom. The van der Waals surface area contributed by atoms with Gasteiger partial charge in [-0.05, 0) is 72.4 Å². The first-order valence-electron chi connectivity index (χ1n) is 23.7. The number of nitrogens with zero attached hydrogens (tertiary/aromatic N) is 6. The lowest BCUT2D eigenvalue weighted by Crippen LogP contribution is -2.12. The standard InChI is InChI=1S/C46H46N6O/c1-44(2,3)30-14-16-33(17-15-30)50-29-51(40-13-11-10-12-39(40)50)34-22-32(46(7,8)9)23-36(25-34)53-35-18-19-37-38-27-47-28-49-43(38)52(41(37)26-35)42-24-31(20-21-48-42)45(4,5)6/h10-28H,1-9H3/q+2/i1D3,2D3,3D3,10D,11D,12D,13D. The van der Waals surface area contributed by atoms with Crippen LogP contribution in [0.3, 0.4) is 0 Å². The molecule has 0 N–H and O–H groups in total. The summed E-state index contributed by atoms with van der Waals surface area (Å²) in [6.07, 6.45) is 5.04. The van der Waals surface area contributed by atoms with Crippen molar-refractivity contribution in [2.24, 2.45) is 0 Å². The lowest BCUT2D eigenvalue weighted by Gasteiger charge is -2.20. The Labute approximate surface area is 329 Å².